The SMILES string of the molecule is O=C(c1cccc(Cl)c1F)N1CCc2c(c(C(=O)N3CCOCC3)nn2Cc2ccccn2)C1. The first kappa shape index (κ1) is 22.5. The number of carbonyl (C=O) groups excluding carboxylic acids is 2. The van der Waals surface area contributed by atoms with Crippen LogP contribution >= 0.6 is 11.6 Å². The lowest BCUT2D eigenvalue weighted by molar-refractivity contribution is 0.0296. The van der Waals surface area contributed by atoms with E-state index >= 15 is 0 Å². The minimum atomic E-state index is -0.740. The maximum absolute atomic E-state index is 14.5. The second-order valence-corrected chi connectivity index (χ2v) is 8.64. The Balaban J connectivity index is 1.49. The number of rotatable bonds is 4. The van der Waals surface area contributed by atoms with Gasteiger partial charge in [0.15, 0.2) is 11.5 Å². The topological polar surface area (TPSA) is 80.6 Å². The number of pyridine rings is 1. The molecule has 4 heterocycles. The lowest BCUT2D eigenvalue weighted by atomic mass is 10.0. The third-order valence-corrected chi connectivity index (χ3v) is 6.43. The molecule has 3 aromatic rings. The summed E-state index contributed by atoms with van der Waals surface area (Å²) in [7, 11) is 0. The molecule has 1 fully saturated rings. The number of carbonyl (C=O) groups is 2. The molecule has 2 aliphatic heterocycles. The first-order valence-electron chi connectivity index (χ1n) is 11.1. The van der Waals surface area contributed by atoms with E-state index in [1.165, 1.54) is 12.1 Å². The smallest absolute Gasteiger partial charge is 0.274 e. The second-order valence-electron chi connectivity index (χ2n) is 8.24. The fraction of sp³-hybridized carbons (Fsp3) is 0.333. The molecule has 1 saturated heterocycles. The van der Waals surface area contributed by atoms with Crippen molar-refractivity contribution in [3.63, 3.8) is 0 Å². The molecule has 34 heavy (non-hydrogen) atoms. The van der Waals surface area contributed by atoms with Crippen LogP contribution in [0.5, 0.6) is 0 Å². The Morgan fingerprint density at radius 3 is 2.62 bits per heavy atom. The van der Waals surface area contributed by atoms with Crippen LogP contribution in [-0.2, 0) is 24.2 Å². The van der Waals surface area contributed by atoms with Gasteiger partial charge in [-0.2, -0.15) is 5.10 Å². The fourth-order valence-electron chi connectivity index (χ4n) is 4.37. The van der Waals surface area contributed by atoms with Crippen molar-refractivity contribution in [2.24, 2.45) is 0 Å². The molecule has 8 nitrogen and oxygen atoms in total. The fourth-order valence-corrected chi connectivity index (χ4v) is 4.54. The van der Waals surface area contributed by atoms with E-state index in [-0.39, 0.29) is 23.0 Å². The number of fused-ring (bicyclic) bond motifs is 1. The summed E-state index contributed by atoms with van der Waals surface area (Å²) in [6.45, 7) is 2.86. The molecular formula is C24H23ClFN5O3. The summed E-state index contributed by atoms with van der Waals surface area (Å²) in [6, 6.07) is 10.0. The molecule has 176 valence electrons. The highest BCUT2D eigenvalue weighted by Crippen LogP contribution is 2.27. The molecular weight excluding hydrogens is 461 g/mol. The van der Waals surface area contributed by atoms with E-state index in [4.69, 9.17) is 16.3 Å². The largest absolute Gasteiger partial charge is 0.378 e. The summed E-state index contributed by atoms with van der Waals surface area (Å²) >= 11 is 5.89. The Morgan fingerprint density at radius 1 is 1.03 bits per heavy atom. The van der Waals surface area contributed by atoms with E-state index < -0.39 is 11.7 Å². The van der Waals surface area contributed by atoms with E-state index in [0.717, 1.165) is 11.4 Å². The van der Waals surface area contributed by atoms with Crippen LogP contribution in [0.25, 0.3) is 0 Å². The van der Waals surface area contributed by atoms with Gasteiger partial charge in [0, 0.05) is 43.5 Å². The molecule has 2 amide bonds. The summed E-state index contributed by atoms with van der Waals surface area (Å²) in [5.74, 6) is -1.40. The normalized spacial score (nSPS) is 15.8. The molecule has 0 saturated carbocycles. The van der Waals surface area contributed by atoms with E-state index in [0.29, 0.717) is 57.1 Å². The van der Waals surface area contributed by atoms with E-state index in [1.807, 2.05) is 18.2 Å². The van der Waals surface area contributed by atoms with Crippen molar-refractivity contribution < 1.29 is 18.7 Å². The number of amides is 2. The molecule has 2 aliphatic rings. The van der Waals surface area contributed by atoms with Gasteiger partial charge in [-0.3, -0.25) is 19.3 Å². The van der Waals surface area contributed by atoms with Crippen LogP contribution in [0.4, 0.5) is 4.39 Å². The Labute approximate surface area is 200 Å². The zero-order chi connectivity index (χ0) is 23.7. The van der Waals surface area contributed by atoms with Crippen LogP contribution in [-0.4, -0.2) is 69.2 Å². The van der Waals surface area contributed by atoms with Gasteiger partial charge in [0.05, 0.1) is 42.6 Å². The zero-order valence-corrected chi connectivity index (χ0v) is 19.2. The Bertz CT molecular complexity index is 1230. The lowest BCUT2D eigenvalue weighted by Crippen LogP contribution is -2.42. The summed E-state index contributed by atoms with van der Waals surface area (Å²) in [4.78, 5) is 34.2. The zero-order valence-electron chi connectivity index (χ0n) is 18.4. The van der Waals surface area contributed by atoms with Crippen molar-refractivity contribution >= 4 is 23.4 Å². The van der Waals surface area contributed by atoms with Crippen LogP contribution in [0.1, 0.15) is 37.8 Å². The number of nitrogens with zero attached hydrogens (tertiary/aromatic N) is 5. The monoisotopic (exact) mass is 483 g/mol. The average Bonchev–Trinajstić information content (AvgIpc) is 3.23. The Kier molecular flexibility index (Phi) is 6.30. The Morgan fingerprint density at radius 2 is 1.85 bits per heavy atom. The standard InChI is InChI=1S/C24H23ClFN5O3/c25-19-6-3-5-17(21(19)26)23(32)30-9-7-20-18(15-30)22(24(33)29-10-12-34-13-11-29)28-31(20)14-16-4-1-2-8-27-16/h1-6,8H,7,9-15H2. The van der Waals surface area contributed by atoms with Crippen molar-refractivity contribution in [1.29, 1.82) is 0 Å². The second kappa shape index (κ2) is 9.52. The number of halogens is 2. The third kappa shape index (κ3) is 4.28. The summed E-state index contributed by atoms with van der Waals surface area (Å²) in [5.41, 5.74) is 2.62. The van der Waals surface area contributed by atoms with Crippen molar-refractivity contribution in [3.05, 3.63) is 81.6 Å². The molecule has 0 bridgehead atoms. The molecule has 10 heteroatoms. The van der Waals surface area contributed by atoms with Gasteiger partial charge in [0.2, 0.25) is 0 Å². The van der Waals surface area contributed by atoms with Gasteiger partial charge in [-0.25, -0.2) is 4.39 Å². The predicted octanol–water partition coefficient (Wildman–Crippen LogP) is 2.79. The van der Waals surface area contributed by atoms with Crippen molar-refractivity contribution in [3.8, 4) is 0 Å². The van der Waals surface area contributed by atoms with Crippen LogP contribution in [0, 0.1) is 5.82 Å². The van der Waals surface area contributed by atoms with Gasteiger partial charge < -0.3 is 14.5 Å². The molecule has 5 rings (SSSR count). The number of morpholine rings is 1. The molecule has 2 aromatic heterocycles. The number of benzene rings is 1. The highest BCUT2D eigenvalue weighted by atomic mass is 35.5. The predicted molar refractivity (Wildman–Crippen MR) is 122 cm³/mol. The minimum Gasteiger partial charge on any atom is -0.378 e. The molecule has 0 radical (unpaired) electrons. The number of aromatic nitrogens is 3. The summed E-state index contributed by atoms with van der Waals surface area (Å²) < 4.78 is 21.7. The molecule has 1 aromatic carbocycles. The number of ether oxygens (including phenoxy) is 1. The van der Waals surface area contributed by atoms with Crippen LogP contribution in [0.3, 0.4) is 0 Å². The summed E-state index contributed by atoms with van der Waals surface area (Å²) in [6.07, 6.45) is 2.20. The minimum absolute atomic E-state index is 0.0853. The average molecular weight is 484 g/mol. The van der Waals surface area contributed by atoms with Gasteiger partial charge in [-0.15, -0.1) is 0 Å². The first-order valence-corrected chi connectivity index (χ1v) is 11.5. The maximum Gasteiger partial charge on any atom is 0.274 e. The molecule has 0 aliphatic carbocycles. The molecule has 0 unspecified atom stereocenters. The third-order valence-electron chi connectivity index (χ3n) is 6.14. The lowest BCUT2D eigenvalue weighted by Gasteiger charge is -2.29. The maximum atomic E-state index is 14.5. The van der Waals surface area contributed by atoms with Crippen molar-refractivity contribution in [2.75, 3.05) is 32.8 Å². The highest BCUT2D eigenvalue weighted by molar-refractivity contribution is 6.31. The first-order chi connectivity index (χ1) is 16.5. The number of hydrogen-bond donors (Lipinski definition) is 0. The van der Waals surface area contributed by atoms with Crippen molar-refractivity contribution in [2.45, 2.75) is 19.5 Å². The van der Waals surface area contributed by atoms with Gasteiger partial charge in [0.1, 0.15) is 0 Å². The molecule has 0 atom stereocenters. The van der Waals surface area contributed by atoms with Gasteiger partial charge in [-0.1, -0.05) is 23.7 Å². The van der Waals surface area contributed by atoms with E-state index in [2.05, 4.69) is 10.1 Å². The van der Waals surface area contributed by atoms with Gasteiger partial charge in [-0.05, 0) is 24.3 Å². The summed E-state index contributed by atoms with van der Waals surface area (Å²) in [5, 5.41) is 4.57. The van der Waals surface area contributed by atoms with Crippen LogP contribution < -0.4 is 0 Å². The van der Waals surface area contributed by atoms with Gasteiger partial charge >= 0.3 is 0 Å². The number of hydrogen-bond acceptors (Lipinski definition) is 5. The van der Waals surface area contributed by atoms with Gasteiger partial charge in [0.25, 0.3) is 11.8 Å². The highest BCUT2D eigenvalue weighted by Gasteiger charge is 2.33. The van der Waals surface area contributed by atoms with Crippen molar-refractivity contribution in [1.82, 2.24) is 24.6 Å². The quantitative estimate of drug-likeness (QED) is 0.570. The van der Waals surface area contributed by atoms with Crippen LogP contribution in [0.2, 0.25) is 5.02 Å². The Hall–Kier alpha value is -3.30. The van der Waals surface area contributed by atoms with E-state index in [9.17, 15) is 14.0 Å². The van der Waals surface area contributed by atoms with E-state index in [1.54, 1.807) is 26.7 Å². The molecule has 0 spiro atoms. The molecule has 0 N–H and O–H groups in total. The van der Waals surface area contributed by atoms with Crippen LogP contribution in [0.15, 0.2) is 42.6 Å².